The summed E-state index contributed by atoms with van der Waals surface area (Å²) in [4.78, 5) is 22.2. The number of halogens is 5. The molecule has 170 valence electrons. The summed E-state index contributed by atoms with van der Waals surface area (Å²) in [6, 6.07) is 2.47. The standard InChI is InChI=1S/C15H20Cl2N2O4.C2HF3O2/c16-9-1-2-10(21)12(13(9)17)14(18)8-3-5-19(6-4-8)15(23)11(22)7-20;3-2(4,5)1(6)7/h1-2,8,11,14,20-22H,3-7,18H2;(H,6,7). The van der Waals surface area contributed by atoms with Gasteiger partial charge in [0, 0.05) is 24.7 Å². The van der Waals surface area contributed by atoms with Crippen LogP contribution in [0.15, 0.2) is 12.1 Å². The second-order valence-corrected chi connectivity index (χ2v) is 7.27. The first-order valence-electron chi connectivity index (χ1n) is 8.61. The highest BCUT2D eigenvalue weighted by atomic mass is 35.5. The van der Waals surface area contributed by atoms with Crippen molar-refractivity contribution in [3.8, 4) is 5.75 Å². The molecule has 1 aromatic carbocycles. The van der Waals surface area contributed by atoms with Crippen molar-refractivity contribution in [2.75, 3.05) is 19.7 Å². The number of phenolic OH excluding ortho intramolecular Hbond substituents is 1. The number of nitrogens with zero attached hydrogens (tertiary/aromatic N) is 1. The molecule has 0 bridgehead atoms. The van der Waals surface area contributed by atoms with E-state index in [1.54, 1.807) is 0 Å². The summed E-state index contributed by atoms with van der Waals surface area (Å²) >= 11 is 12.1. The lowest BCUT2D eigenvalue weighted by Gasteiger charge is -2.36. The molecule has 1 aromatic rings. The van der Waals surface area contributed by atoms with Gasteiger partial charge in [0.25, 0.3) is 5.91 Å². The zero-order valence-corrected chi connectivity index (χ0v) is 17.0. The maximum absolute atomic E-state index is 11.8. The van der Waals surface area contributed by atoms with E-state index in [2.05, 4.69) is 0 Å². The first-order valence-corrected chi connectivity index (χ1v) is 9.37. The second kappa shape index (κ2) is 11.0. The molecule has 6 N–H and O–H groups in total. The molecule has 1 fully saturated rings. The molecule has 2 unspecified atom stereocenters. The Labute approximate surface area is 179 Å². The molecule has 1 aliphatic heterocycles. The van der Waals surface area contributed by atoms with Crippen LogP contribution < -0.4 is 5.73 Å². The number of amides is 1. The molecule has 2 rings (SSSR count). The number of hydrogen-bond acceptors (Lipinski definition) is 6. The number of piperidine rings is 1. The molecule has 2 atom stereocenters. The molecule has 1 heterocycles. The molecule has 13 heteroatoms. The molecule has 0 aliphatic carbocycles. The van der Waals surface area contributed by atoms with Gasteiger partial charge >= 0.3 is 12.1 Å². The Hall–Kier alpha value is -1.79. The Bertz CT molecular complexity index is 758. The number of carboxylic acids is 1. The number of phenols is 1. The van der Waals surface area contributed by atoms with Crippen molar-refractivity contribution in [2.24, 2.45) is 11.7 Å². The van der Waals surface area contributed by atoms with Crippen molar-refractivity contribution in [2.45, 2.75) is 31.2 Å². The number of nitrogens with two attached hydrogens (primary N) is 1. The van der Waals surface area contributed by atoms with Gasteiger partial charge in [0.1, 0.15) is 5.75 Å². The van der Waals surface area contributed by atoms with E-state index < -0.39 is 36.8 Å². The van der Waals surface area contributed by atoms with Gasteiger partial charge in [0.15, 0.2) is 6.10 Å². The number of carbonyl (C=O) groups is 2. The van der Waals surface area contributed by atoms with Crippen LogP contribution in [-0.2, 0) is 9.59 Å². The monoisotopic (exact) mass is 476 g/mol. The third kappa shape index (κ3) is 6.88. The normalized spacial score (nSPS) is 17.0. The van der Waals surface area contributed by atoms with Gasteiger partial charge < -0.3 is 31.1 Å². The molecule has 30 heavy (non-hydrogen) atoms. The average Bonchev–Trinajstić information content (AvgIpc) is 2.69. The minimum Gasteiger partial charge on any atom is -0.508 e. The number of hydrogen-bond donors (Lipinski definition) is 5. The van der Waals surface area contributed by atoms with Gasteiger partial charge in [-0.05, 0) is 30.9 Å². The summed E-state index contributed by atoms with van der Waals surface area (Å²) < 4.78 is 31.7. The molecule has 1 aliphatic rings. The summed E-state index contributed by atoms with van der Waals surface area (Å²) in [5.74, 6) is -3.22. The van der Waals surface area contributed by atoms with Crippen LogP contribution in [0.25, 0.3) is 0 Å². The van der Waals surface area contributed by atoms with E-state index in [1.807, 2.05) is 0 Å². The molecule has 0 saturated carbocycles. The van der Waals surface area contributed by atoms with Crippen LogP contribution in [-0.4, -0.2) is 69.2 Å². The number of carboxylic acid groups (broad SMARTS) is 1. The van der Waals surface area contributed by atoms with Gasteiger partial charge in [0.2, 0.25) is 0 Å². The lowest BCUT2D eigenvalue weighted by molar-refractivity contribution is -0.192. The van der Waals surface area contributed by atoms with Crippen LogP contribution >= 0.6 is 23.2 Å². The van der Waals surface area contributed by atoms with Gasteiger partial charge in [-0.2, -0.15) is 13.2 Å². The number of alkyl halides is 3. The molecule has 1 amide bonds. The zero-order valence-electron chi connectivity index (χ0n) is 15.4. The van der Waals surface area contributed by atoms with Crippen molar-refractivity contribution < 1.29 is 43.2 Å². The summed E-state index contributed by atoms with van der Waals surface area (Å²) in [5, 5.41) is 36.0. The molecule has 0 radical (unpaired) electrons. The zero-order chi connectivity index (χ0) is 23.2. The van der Waals surface area contributed by atoms with Gasteiger partial charge in [-0.3, -0.25) is 4.79 Å². The number of aliphatic carboxylic acids is 1. The van der Waals surface area contributed by atoms with Crippen molar-refractivity contribution in [1.29, 1.82) is 0 Å². The minimum absolute atomic E-state index is 0.00103. The Balaban J connectivity index is 0.000000553. The number of benzene rings is 1. The van der Waals surface area contributed by atoms with Crippen molar-refractivity contribution in [3.63, 3.8) is 0 Å². The molecule has 0 spiro atoms. The largest absolute Gasteiger partial charge is 0.508 e. The fraction of sp³-hybridized carbons (Fsp3) is 0.529. The lowest BCUT2D eigenvalue weighted by atomic mass is 9.85. The first kappa shape index (κ1) is 26.2. The van der Waals surface area contributed by atoms with Gasteiger partial charge in [-0.25, -0.2) is 4.79 Å². The Morgan fingerprint density at radius 3 is 2.17 bits per heavy atom. The molecular formula is C17H21Cl2F3N2O6. The number of aliphatic hydroxyl groups excluding tert-OH is 2. The number of rotatable bonds is 4. The Morgan fingerprint density at radius 1 is 1.23 bits per heavy atom. The minimum atomic E-state index is -5.08. The lowest BCUT2D eigenvalue weighted by Crippen LogP contribution is -2.46. The predicted molar refractivity (Wildman–Crippen MR) is 101 cm³/mol. The van der Waals surface area contributed by atoms with E-state index in [0.717, 1.165) is 0 Å². The smallest absolute Gasteiger partial charge is 0.490 e. The van der Waals surface area contributed by atoms with Gasteiger partial charge in [-0.15, -0.1) is 0 Å². The van der Waals surface area contributed by atoms with E-state index in [9.17, 15) is 28.2 Å². The molecule has 8 nitrogen and oxygen atoms in total. The van der Waals surface area contributed by atoms with Crippen molar-refractivity contribution in [3.05, 3.63) is 27.7 Å². The summed E-state index contributed by atoms with van der Waals surface area (Å²) in [7, 11) is 0. The highest BCUT2D eigenvalue weighted by Gasteiger charge is 2.38. The quantitative estimate of drug-likeness (QED) is 0.446. The van der Waals surface area contributed by atoms with Crippen LogP contribution in [0.4, 0.5) is 13.2 Å². The molecule has 1 saturated heterocycles. The summed E-state index contributed by atoms with van der Waals surface area (Å²) in [6.07, 6.45) is -5.26. The average molecular weight is 477 g/mol. The Kier molecular flexibility index (Phi) is 9.63. The van der Waals surface area contributed by atoms with Crippen LogP contribution in [0, 0.1) is 5.92 Å². The highest BCUT2D eigenvalue weighted by Crippen LogP contribution is 2.40. The summed E-state index contributed by atoms with van der Waals surface area (Å²) in [5.41, 5.74) is 6.67. The van der Waals surface area contributed by atoms with Crippen LogP contribution in [0.1, 0.15) is 24.4 Å². The fourth-order valence-corrected chi connectivity index (χ4v) is 3.33. The highest BCUT2D eigenvalue weighted by molar-refractivity contribution is 6.42. The van der Waals surface area contributed by atoms with E-state index >= 15 is 0 Å². The van der Waals surface area contributed by atoms with E-state index in [0.29, 0.717) is 36.5 Å². The predicted octanol–water partition coefficient (Wildman–Crippen LogP) is 1.92. The third-order valence-electron chi connectivity index (χ3n) is 4.50. The number of aliphatic hydroxyl groups is 2. The topological polar surface area (TPSA) is 144 Å². The molecular weight excluding hydrogens is 456 g/mol. The first-order chi connectivity index (χ1) is 13.8. The fourth-order valence-electron chi connectivity index (χ4n) is 2.88. The van der Waals surface area contributed by atoms with Gasteiger partial charge in [0.05, 0.1) is 16.7 Å². The molecule has 0 aromatic heterocycles. The van der Waals surface area contributed by atoms with E-state index in [1.165, 1.54) is 17.0 Å². The number of aromatic hydroxyl groups is 1. The van der Waals surface area contributed by atoms with Crippen molar-refractivity contribution >= 4 is 35.1 Å². The van der Waals surface area contributed by atoms with Gasteiger partial charge in [-0.1, -0.05) is 23.2 Å². The third-order valence-corrected chi connectivity index (χ3v) is 5.32. The SMILES string of the molecule is NC(c1c(O)ccc(Cl)c1Cl)C1CCN(C(=O)C(O)CO)CC1.O=C(O)C(F)(F)F. The maximum Gasteiger partial charge on any atom is 0.490 e. The van der Waals surface area contributed by atoms with E-state index in [4.69, 9.17) is 43.9 Å². The van der Waals surface area contributed by atoms with Crippen LogP contribution in [0.2, 0.25) is 10.0 Å². The van der Waals surface area contributed by atoms with Crippen LogP contribution in [0.3, 0.4) is 0 Å². The second-order valence-electron chi connectivity index (χ2n) is 6.48. The number of carbonyl (C=O) groups excluding carboxylic acids is 1. The maximum atomic E-state index is 11.8. The van der Waals surface area contributed by atoms with Crippen LogP contribution in [0.5, 0.6) is 5.75 Å². The van der Waals surface area contributed by atoms with Crippen molar-refractivity contribution in [1.82, 2.24) is 4.90 Å². The number of likely N-dealkylation sites (tertiary alicyclic amines) is 1. The van der Waals surface area contributed by atoms with E-state index in [-0.39, 0.29) is 16.7 Å². The summed E-state index contributed by atoms with van der Waals surface area (Å²) in [6.45, 7) is 0.255. The Morgan fingerprint density at radius 2 is 1.73 bits per heavy atom.